The predicted octanol–water partition coefficient (Wildman–Crippen LogP) is 2.08. The van der Waals surface area contributed by atoms with Crippen LogP contribution in [-0.2, 0) is 0 Å². The summed E-state index contributed by atoms with van der Waals surface area (Å²) < 4.78 is 5.51. The molecule has 1 aromatic rings. The lowest BCUT2D eigenvalue weighted by atomic mass is 9.99. The largest absolute Gasteiger partial charge is 0.466 e. The molecular weight excluding hydrogens is 228 g/mol. The Balaban J connectivity index is 2.12. The van der Waals surface area contributed by atoms with E-state index in [2.05, 4.69) is 17.6 Å². The molecule has 2 heterocycles. The molecule has 1 aromatic heterocycles. The Hall–Kier alpha value is -1.29. The van der Waals surface area contributed by atoms with E-state index in [1.54, 1.807) is 0 Å². The first-order valence-electron chi connectivity index (χ1n) is 6.61. The second kappa shape index (κ2) is 5.14. The summed E-state index contributed by atoms with van der Waals surface area (Å²) in [4.78, 5) is 12.3. The van der Waals surface area contributed by atoms with Crippen molar-refractivity contribution in [1.82, 2.24) is 10.6 Å². The van der Waals surface area contributed by atoms with Gasteiger partial charge in [0.1, 0.15) is 11.5 Å². The molecule has 1 saturated heterocycles. The van der Waals surface area contributed by atoms with Crippen molar-refractivity contribution >= 4 is 5.91 Å². The fourth-order valence-corrected chi connectivity index (χ4v) is 2.61. The van der Waals surface area contributed by atoms with Gasteiger partial charge in [0.2, 0.25) is 0 Å². The van der Waals surface area contributed by atoms with Gasteiger partial charge in [0, 0.05) is 17.6 Å². The van der Waals surface area contributed by atoms with Crippen molar-refractivity contribution in [3.63, 3.8) is 0 Å². The van der Waals surface area contributed by atoms with Crippen molar-refractivity contribution in [2.75, 3.05) is 6.54 Å². The molecule has 2 N–H and O–H groups in total. The van der Waals surface area contributed by atoms with Gasteiger partial charge in [-0.05, 0) is 47.1 Å². The third-order valence-electron chi connectivity index (χ3n) is 3.87. The van der Waals surface area contributed by atoms with Crippen molar-refractivity contribution in [2.24, 2.45) is 0 Å². The van der Waals surface area contributed by atoms with Crippen LogP contribution in [0.4, 0.5) is 0 Å². The zero-order valence-corrected chi connectivity index (χ0v) is 11.6. The summed E-state index contributed by atoms with van der Waals surface area (Å²) in [6, 6.07) is 0.538. The van der Waals surface area contributed by atoms with Crippen LogP contribution in [0.15, 0.2) is 4.42 Å². The SMILES string of the molecule is Cc1oc(C)c(C(=O)NC2CCCNC2C)c1C. The molecule has 0 spiro atoms. The smallest absolute Gasteiger partial charge is 0.255 e. The number of hydrogen-bond acceptors (Lipinski definition) is 3. The highest BCUT2D eigenvalue weighted by Crippen LogP contribution is 2.21. The van der Waals surface area contributed by atoms with Gasteiger partial charge in [-0.1, -0.05) is 0 Å². The molecule has 0 aromatic carbocycles. The molecule has 2 atom stereocenters. The van der Waals surface area contributed by atoms with E-state index in [0.717, 1.165) is 30.7 Å². The van der Waals surface area contributed by atoms with Crippen molar-refractivity contribution < 1.29 is 9.21 Å². The molecule has 0 saturated carbocycles. The van der Waals surface area contributed by atoms with E-state index in [1.807, 2.05) is 20.8 Å². The van der Waals surface area contributed by atoms with Crippen LogP contribution in [0.3, 0.4) is 0 Å². The normalized spacial score (nSPS) is 24.0. The van der Waals surface area contributed by atoms with Crippen LogP contribution in [0.2, 0.25) is 0 Å². The molecule has 1 amide bonds. The van der Waals surface area contributed by atoms with Gasteiger partial charge in [-0.2, -0.15) is 0 Å². The number of furan rings is 1. The summed E-state index contributed by atoms with van der Waals surface area (Å²) in [6.45, 7) is 8.82. The first-order valence-corrected chi connectivity index (χ1v) is 6.61. The molecule has 0 bridgehead atoms. The van der Waals surface area contributed by atoms with Crippen LogP contribution in [0, 0.1) is 20.8 Å². The number of aryl methyl sites for hydroxylation is 2. The standard InChI is InChI=1S/C14H22N2O2/c1-8-10(3)18-11(4)13(8)14(17)16-12-6-5-7-15-9(12)2/h9,12,15H,5-7H2,1-4H3,(H,16,17). The van der Waals surface area contributed by atoms with E-state index in [0.29, 0.717) is 17.4 Å². The fraction of sp³-hybridized carbons (Fsp3) is 0.643. The maximum atomic E-state index is 12.3. The van der Waals surface area contributed by atoms with Gasteiger partial charge in [-0.25, -0.2) is 0 Å². The maximum Gasteiger partial charge on any atom is 0.255 e. The minimum Gasteiger partial charge on any atom is -0.466 e. The number of amides is 1. The Labute approximate surface area is 108 Å². The lowest BCUT2D eigenvalue weighted by molar-refractivity contribution is 0.0918. The third kappa shape index (κ3) is 2.43. The van der Waals surface area contributed by atoms with Gasteiger partial charge in [0.15, 0.2) is 0 Å². The van der Waals surface area contributed by atoms with Gasteiger partial charge in [-0.3, -0.25) is 4.79 Å². The zero-order valence-electron chi connectivity index (χ0n) is 11.6. The third-order valence-corrected chi connectivity index (χ3v) is 3.87. The lowest BCUT2D eigenvalue weighted by Crippen LogP contribution is -2.52. The van der Waals surface area contributed by atoms with Crippen LogP contribution >= 0.6 is 0 Å². The number of piperidine rings is 1. The van der Waals surface area contributed by atoms with E-state index in [1.165, 1.54) is 0 Å². The Morgan fingerprint density at radius 1 is 1.33 bits per heavy atom. The number of carbonyl (C=O) groups excluding carboxylic acids is 1. The van der Waals surface area contributed by atoms with Gasteiger partial charge < -0.3 is 15.1 Å². The van der Waals surface area contributed by atoms with E-state index < -0.39 is 0 Å². The van der Waals surface area contributed by atoms with Gasteiger partial charge in [0.05, 0.1) is 5.56 Å². The van der Waals surface area contributed by atoms with Crippen molar-refractivity contribution in [2.45, 2.75) is 52.6 Å². The monoisotopic (exact) mass is 250 g/mol. The number of hydrogen-bond donors (Lipinski definition) is 2. The summed E-state index contributed by atoms with van der Waals surface area (Å²) in [5.41, 5.74) is 1.65. The van der Waals surface area contributed by atoms with E-state index in [9.17, 15) is 4.79 Å². The molecule has 100 valence electrons. The fourth-order valence-electron chi connectivity index (χ4n) is 2.61. The number of nitrogens with one attached hydrogen (secondary N) is 2. The molecule has 1 aliphatic rings. The zero-order chi connectivity index (χ0) is 13.3. The Morgan fingerprint density at radius 3 is 2.61 bits per heavy atom. The Morgan fingerprint density at radius 2 is 2.06 bits per heavy atom. The van der Waals surface area contributed by atoms with Crippen LogP contribution in [0.5, 0.6) is 0 Å². The highest BCUT2D eigenvalue weighted by atomic mass is 16.3. The van der Waals surface area contributed by atoms with Crippen LogP contribution in [0.1, 0.15) is 47.2 Å². The van der Waals surface area contributed by atoms with Gasteiger partial charge >= 0.3 is 0 Å². The van der Waals surface area contributed by atoms with E-state index in [4.69, 9.17) is 4.42 Å². The molecular formula is C14H22N2O2. The van der Waals surface area contributed by atoms with Crippen LogP contribution in [-0.4, -0.2) is 24.5 Å². The highest BCUT2D eigenvalue weighted by Gasteiger charge is 2.25. The van der Waals surface area contributed by atoms with Crippen molar-refractivity contribution in [3.8, 4) is 0 Å². The summed E-state index contributed by atoms with van der Waals surface area (Å²) >= 11 is 0. The topological polar surface area (TPSA) is 54.3 Å². The lowest BCUT2D eigenvalue weighted by Gasteiger charge is -2.30. The summed E-state index contributed by atoms with van der Waals surface area (Å²) in [6.07, 6.45) is 2.15. The molecule has 2 rings (SSSR count). The molecule has 2 unspecified atom stereocenters. The summed E-state index contributed by atoms with van der Waals surface area (Å²) in [7, 11) is 0. The second-order valence-electron chi connectivity index (χ2n) is 5.18. The Kier molecular flexibility index (Phi) is 3.76. The maximum absolute atomic E-state index is 12.3. The molecule has 0 radical (unpaired) electrons. The Bertz CT molecular complexity index is 451. The van der Waals surface area contributed by atoms with Crippen LogP contribution < -0.4 is 10.6 Å². The van der Waals surface area contributed by atoms with Crippen molar-refractivity contribution in [3.05, 3.63) is 22.6 Å². The molecule has 4 nitrogen and oxygen atoms in total. The minimum atomic E-state index is -0.0117. The van der Waals surface area contributed by atoms with E-state index in [-0.39, 0.29) is 11.9 Å². The van der Waals surface area contributed by atoms with Crippen molar-refractivity contribution in [1.29, 1.82) is 0 Å². The second-order valence-corrected chi connectivity index (χ2v) is 5.18. The molecule has 4 heteroatoms. The van der Waals surface area contributed by atoms with Crippen LogP contribution in [0.25, 0.3) is 0 Å². The summed E-state index contributed by atoms with van der Waals surface area (Å²) in [5, 5.41) is 6.50. The molecule has 18 heavy (non-hydrogen) atoms. The van der Waals surface area contributed by atoms with Gasteiger partial charge in [-0.15, -0.1) is 0 Å². The molecule has 0 aliphatic carbocycles. The molecule has 1 fully saturated rings. The van der Waals surface area contributed by atoms with E-state index >= 15 is 0 Å². The molecule has 1 aliphatic heterocycles. The quantitative estimate of drug-likeness (QED) is 0.845. The number of carbonyl (C=O) groups is 1. The number of rotatable bonds is 2. The first kappa shape index (κ1) is 13.1. The summed E-state index contributed by atoms with van der Waals surface area (Å²) in [5.74, 6) is 1.52. The average molecular weight is 250 g/mol. The minimum absolute atomic E-state index is 0.0117. The highest BCUT2D eigenvalue weighted by molar-refractivity contribution is 5.97. The average Bonchev–Trinajstić information content (AvgIpc) is 2.56. The predicted molar refractivity (Wildman–Crippen MR) is 70.9 cm³/mol. The first-order chi connectivity index (χ1) is 8.50. The van der Waals surface area contributed by atoms with Gasteiger partial charge in [0.25, 0.3) is 5.91 Å².